The number of fused-ring (bicyclic) bond motifs is 2. The number of hydrogen-bond acceptors (Lipinski definition) is 5. The number of hydrogen-bond donors (Lipinski definition) is 1. The summed E-state index contributed by atoms with van der Waals surface area (Å²) in [5, 5.41) is 1.60. The number of carbonyl (C=O) groups is 3. The van der Waals surface area contributed by atoms with Crippen molar-refractivity contribution >= 4 is 39.7 Å². The van der Waals surface area contributed by atoms with Crippen LogP contribution in [-0.4, -0.2) is 43.9 Å². The van der Waals surface area contributed by atoms with Crippen molar-refractivity contribution < 1.29 is 23.9 Å². The lowest BCUT2D eigenvalue weighted by molar-refractivity contribution is 0.0520. The van der Waals surface area contributed by atoms with Crippen molar-refractivity contribution in [3.63, 3.8) is 0 Å². The first-order valence-electron chi connectivity index (χ1n) is 13.5. The SMILES string of the molecule is CCOC(=O)c1c(C(=O)c2cn(C)c3ccccc23)c(-c2cn(C)c3ccccc23)n(NC(=O)OC(C)(C)C)c1C. The normalized spacial score (nSPS) is 11.7. The molecule has 0 atom stereocenters. The quantitative estimate of drug-likeness (QED) is 0.195. The van der Waals surface area contributed by atoms with E-state index in [1.54, 1.807) is 40.8 Å². The Kier molecular flexibility index (Phi) is 6.98. The third-order valence-electron chi connectivity index (χ3n) is 7.01. The number of aromatic nitrogens is 3. The van der Waals surface area contributed by atoms with Crippen LogP contribution in [0.15, 0.2) is 60.9 Å². The molecule has 0 saturated carbocycles. The van der Waals surface area contributed by atoms with Gasteiger partial charge in [0.2, 0.25) is 0 Å². The molecule has 9 heteroatoms. The highest BCUT2D eigenvalue weighted by Crippen LogP contribution is 2.39. The second-order valence-corrected chi connectivity index (χ2v) is 11.0. The number of rotatable bonds is 6. The maximum atomic E-state index is 14.6. The summed E-state index contributed by atoms with van der Waals surface area (Å²) in [5.41, 5.74) is 5.88. The van der Waals surface area contributed by atoms with Gasteiger partial charge in [-0.3, -0.25) is 9.47 Å². The molecule has 2 aromatic carbocycles. The number of nitrogens with one attached hydrogen (secondary N) is 1. The van der Waals surface area contributed by atoms with Crippen LogP contribution < -0.4 is 5.43 Å². The molecule has 0 spiro atoms. The molecule has 0 aliphatic carbocycles. The van der Waals surface area contributed by atoms with Crippen LogP contribution in [0.4, 0.5) is 4.79 Å². The molecule has 0 bridgehead atoms. The van der Waals surface area contributed by atoms with Crippen LogP contribution in [0.1, 0.15) is 59.7 Å². The Morgan fingerprint density at radius 3 is 2.07 bits per heavy atom. The molecule has 5 rings (SSSR count). The predicted molar refractivity (Wildman–Crippen MR) is 159 cm³/mol. The summed E-state index contributed by atoms with van der Waals surface area (Å²) >= 11 is 0. The van der Waals surface area contributed by atoms with Crippen molar-refractivity contribution in [2.75, 3.05) is 12.0 Å². The second kappa shape index (κ2) is 10.3. The van der Waals surface area contributed by atoms with E-state index in [4.69, 9.17) is 9.47 Å². The molecule has 3 aromatic heterocycles. The first-order valence-corrected chi connectivity index (χ1v) is 13.5. The van der Waals surface area contributed by atoms with Crippen molar-refractivity contribution in [2.45, 2.75) is 40.2 Å². The molecule has 0 aliphatic rings. The minimum atomic E-state index is -0.768. The summed E-state index contributed by atoms with van der Waals surface area (Å²) in [4.78, 5) is 41.3. The summed E-state index contributed by atoms with van der Waals surface area (Å²) in [5.74, 6) is -1.01. The van der Waals surface area contributed by atoms with E-state index in [1.807, 2.05) is 78.0 Å². The lowest BCUT2D eigenvalue weighted by atomic mass is 9.95. The van der Waals surface area contributed by atoms with Gasteiger partial charge in [0.1, 0.15) is 5.60 Å². The second-order valence-electron chi connectivity index (χ2n) is 11.0. The third-order valence-corrected chi connectivity index (χ3v) is 7.01. The maximum absolute atomic E-state index is 14.6. The van der Waals surface area contributed by atoms with Crippen molar-refractivity contribution in [1.82, 2.24) is 13.8 Å². The molecule has 3 heterocycles. The number of ketones is 1. The first kappa shape index (κ1) is 27.8. The standard InChI is InChI=1S/C32H34N4O5/c1-8-40-30(38)26-19(2)36(33-31(39)41-32(3,4)5)28(22-17-34(6)24-15-11-9-13-20(22)24)27(26)29(37)23-18-35(7)25-16-12-10-14-21(23)25/h9-18H,8H2,1-7H3,(H,33,39). The zero-order valence-corrected chi connectivity index (χ0v) is 24.4. The summed E-state index contributed by atoms with van der Waals surface area (Å²) in [6, 6.07) is 15.4. The van der Waals surface area contributed by atoms with E-state index in [9.17, 15) is 14.4 Å². The Labute approximate surface area is 238 Å². The van der Waals surface area contributed by atoms with Crippen LogP contribution in [0, 0.1) is 6.92 Å². The van der Waals surface area contributed by atoms with Gasteiger partial charge in [-0.25, -0.2) is 15.0 Å². The van der Waals surface area contributed by atoms with Crippen LogP contribution in [0.5, 0.6) is 0 Å². The first-order chi connectivity index (χ1) is 19.4. The Bertz CT molecular complexity index is 1830. The maximum Gasteiger partial charge on any atom is 0.426 e. The number of nitrogens with zero attached hydrogens (tertiary/aromatic N) is 3. The Hall–Kier alpha value is -4.79. The van der Waals surface area contributed by atoms with E-state index < -0.39 is 17.7 Å². The minimum Gasteiger partial charge on any atom is -0.462 e. The average molecular weight is 555 g/mol. The predicted octanol–water partition coefficient (Wildman–Crippen LogP) is 6.33. The van der Waals surface area contributed by atoms with Gasteiger partial charge in [0.25, 0.3) is 0 Å². The Morgan fingerprint density at radius 2 is 1.44 bits per heavy atom. The molecule has 1 N–H and O–H groups in total. The van der Waals surface area contributed by atoms with E-state index in [0.29, 0.717) is 22.5 Å². The lowest BCUT2D eigenvalue weighted by Crippen LogP contribution is -2.32. The molecule has 212 valence electrons. The van der Waals surface area contributed by atoms with Crippen molar-refractivity contribution in [1.29, 1.82) is 0 Å². The summed E-state index contributed by atoms with van der Waals surface area (Å²) < 4.78 is 16.3. The number of carbonyl (C=O) groups excluding carboxylic acids is 3. The zero-order valence-electron chi connectivity index (χ0n) is 24.4. The van der Waals surface area contributed by atoms with E-state index >= 15 is 0 Å². The average Bonchev–Trinajstić information content (AvgIpc) is 3.52. The van der Waals surface area contributed by atoms with Crippen LogP contribution in [0.3, 0.4) is 0 Å². The molecule has 9 nitrogen and oxygen atoms in total. The number of aryl methyl sites for hydroxylation is 2. The minimum absolute atomic E-state index is 0.0868. The van der Waals surface area contributed by atoms with Crippen LogP contribution in [0.2, 0.25) is 0 Å². The molecular formula is C32H34N4O5. The molecule has 41 heavy (non-hydrogen) atoms. The van der Waals surface area contributed by atoms with E-state index in [2.05, 4.69) is 5.43 Å². The molecule has 0 aliphatic heterocycles. The van der Waals surface area contributed by atoms with Crippen molar-refractivity contribution in [3.05, 3.63) is 83.3 Å². The van der Waals surface area contributed by atoms with Gasteiger partial charge >= 0.3 is 12.1 Å². The fraction of sp³-hybridized carbons (Fsp3) is 0.281. The summed E-state index contributed by atoms with van der Waals surface area (Å²) in [6.07, 6.45) is 2.93. The summed E-state index contributed by atoms with van der Waals surface area (Å²) in [6.45, 7) is 8.80. The number of esters is 1. The summed E-state index contributed by atoms with van der Waals surface area (Å²) in [7, 11) is 3.78. The number of ether oxygens (including phenoxy) is 2. The van der Waals surface area contributed by atoms with E-state index in [-0.39, 0.29) is 23.5 Å². The molecule has 0 saturated heterocycles. The van der Waals surface area contributed by atoms with Gasteiger partial charge in [0, 0.05) is 59.4 Å². The van der Waals surface area contributed by atoms with Crippen molar-refractivity contribution in [2.24, 2.45) is 14.1 Å². The van der Waals surface area contributed by atoms with Gasteiger partial charge in [0.15, 0.2) is 5.78 Å². The van der Waals surface area contributed by atoms with E-state index in [1.165, 1.54) is 4.68 Å². The monoisotopic (exact) mass is 554 g/mol. The van der Waals surface area contributed by atoms with Gasteiger partial charge in [-0.1, -0.05) is 36.4 Å². The molecule has 0 unspecified atom stereocenters. The topological polar surface area (TPSA) is 96.5 Å². The van der Waals surface area contributed by atoms with Gasteiger partial charge in [-0.05, 0) is 46.8 Å². The smallest absolute Gasteiger partial charge is 0.426 e. The number of amides is 1. The highest BCUT2D eigenvalue weighted by atomic mass is 16.6. The number of benzene rings is 2. The Balaban J connectivity index is 1.86. The van der Waals surface area contributed by atoms with Crippen LogP contribution >= 0.6 is 0 Å². The Morgan fingerprint density at radius 1 is 0.854 bits per heavy atom. The lowest BCUT2D eigenvalue weighted by Gasteiger charge is -2.21. The van der Waals surface area contributed by atoms with Crippen molar-refractivity contribution in [3.8, 4) is 11.3 Å². The van der Waals surface area contributed by atoms with Gasteiger partial charge in [-0.2, -0.15) is 0 Å². The number of para-hydroxylation sites is 2. The largest absolute Gasteiger partial charge is 0.462 e. The van der Waals surface area contributed by atoms with Crippen LogP contribution in [-0.2, 0) is 23.6 Å². The van der Waals surface area contributed by atoms with Crippen LogP contribution in [0.25, 0.3) is 33.1 Å². The molecule has 1 amide bonds. The van der Waals surface area contributed by atoms with Gasteiger partial charge in [0.05, 0.1) is 29.1 Å². The van der Waals surface area contributed by atoms with Gasteiger partial charge in [-0.15, -0.1) is 0 Å². The molecule has 0 radical (unpaired) electrons. The van der Waals surface area contributed by atoms with Gasteiger partial charge < -0.3 is 18.6 Å². The van der Waals surface area contributed by atoms with E-state index in [0.717, 1.165) is 21.8 Å². The molecule has 0 fully saturated rings. The molecule has 5 aromatic rings. The zero-order chi connectivity index (χ0) is 29.6. The molecular weight excluding hydrogens is 520 g/mol. The highest BCUT2D eigenvalue weighted by molar-refractivity contribution is 6.23. The fourth-order valence-corrected chi connectivity index (χ4v) is 5.34. The third kappa shape index (κ3) is 4.88. The highest BCUT2D eigenvalue weighted by Gasteiger charge is 2.35. The fourth-order valence-electron chi connectivity index (χ4n) is 5.34.